The highest BCUT2D eigenvalue weighted by atomic mass is 79.9. The number of anilines is 3. The first-order valence-electron chi connectivity index (χ1n) is 9.49. The number of benzene rings is 1. The van der Waals surface area contributed by atoms with Gasteiger partial charge in [0.2, 0.25) is 17.8 Å². The molecule has 1 aromatic heterocycles. The van der Waals surface area contributed by atoms with Crippen LogP contribution >= 0.6 is 27.5 Å². The van der Waals surface area contributed by atoms with Gasteiger partial charge in [-0.05, 0) is 12.1 Å². The van der Waals surface area contributed by atoms with Crippen LogP contribution in [0.4, 0.5) is 17.8 Å². The summed E-state index contributed by atoms with van der Waals surface area (Å²) < 4.78 is 11.6. The molecule has 0 amide bonds. The van der Waals surface area contributed by atoms with Gasteiger partial charge in [-0.2, -0.15) is 20.1 Å². The van der Waals surface area contributed by atoms with Crippen molar-refractivity contribution in [2.24, 2.45) is 5.10 Å². The Kier molecular flexibility index (Phi) is 6.82. The Morgan fingerprint density at radius 1 is 1.00 bits per heavy atom. The van der Waals surface area contributed by atoms with Crippen molar-refractivity contribution in [3.63, 3.8) is 0 Å². The van der Waals surface area contributed by atoms with Crippen LogP contribution < -0.4 is 15.2 Å². The molecule has 2 saturated heterocycles. The summed E-state index contributed by atoms with van der Waals surface area (Å²) in [7, 11) is 0. The van der Waals surface area contributed by atoms with Crippen molar-refractivity contribution in [3.8, 4) is 5.75 Å². The van der Waals surface area contributed by atoms with Crippen molar-refractivity contribution in [2.75, 3.05) is 67.8 Å². The van der Waals surface area contributed by atoms with E-state index >= 15 is 0 Å². The van der Waals surface area contributed by atoms with Gasteiger partial charge in [0, 0.05) is 36.2 Å². The smallest absolute Gasteiger partial charge is 0.250 e. The minimum atomic E-state index is -0.0518. The predicted octanol–water partition coefficient (Wildman–Crippen LogP) is 2.11. The third-order valence-electron chi connectivity index (χ3n) is 4.63. The monoisotopic (exact) mass is 497 g/mol. The van der Waals surface area contributed by atoms with Crippen molar-refractivity contribution < 1.29 is 14.6 Å². The van der Waals surface area contributed by atoms with Crippen molar-refractivity contribution in [1.29, 1.82) is 0 Å². The van der Waals surface area contributed by atoms with Gasteiger partial charge < -0.3 is 24.4 Å². The lowest BCUT2D eigenvalue weighted by Crippen LogP contribution is -2.40. The van der Waals surface area contributed by atoms with E-state index in [1.54, 1.807) is 12.1 Å². The van der Waals surface area contributed by atoms with Gasteiger partial charge in [0.15, 0.2) is 0 Å². The summed E-state index contributed by atoms with van der Waals surface area (Å²) in [6.07, 6.45) is 1.46. The van der Waals surface area contributed by atoms with E-state index in [1.807, 2.05) is 0 Å². The van der Waals surface area contributed by atoms with Gasteiger partial charge in [-0.3, -0.25) is 0 Å². The van der Waals surface area contributed by atoms with Crippen LogP contribution in [0, 0.1) is 0 Å². The molecule has 0 atom stereocenters. The summed E-state index contributed by atoms with van der Waals surface area (Å²) >= 11 is 9.35. The molecule has 2 aliphatic rings. The van der Waals surface area contributed by atoms with Gasteiger partial charge in [0.1, 0.15) is 5.75 Å². The highest BCUT2D eigenvalue weighted by Crippen LogP contribution is 2.30. The molecular weight excluding hydrogens is 478 g/mol. The Balaban J connectivity index is 1.58. The molecule has 1 aromatic carbocycles. The predicted molar refractivity (Wildman–Crippen MR) is 118 cm³/mol. The molecule has 160 valence electrons. The van der Waals surface area contributed by atoms with Crippen LogP contribution in [0.15, 0.2) is 21.7 Å². The quantitative estimate of drug-likeness (QED) is 0.473. The lowest BCUT2D eigenvalue weighted by molar-refractivity contribution is 0.121. The number of ether oxygens (including phenoxy) is 2. The zero-order chi connectivity index (χ0) is 20.9. The Bertz CT molecular complexity index is 885. The van der Waals surface area contributed by atoms with Crippen molar-refractivity contribution in [3.05, 3.63) is 27.2 Å². The first kappa shape index (κ1) is 21.0. The topological polar surface area (TPSA) is 108 Å². The Morgan fingerprint density at radius 2 is 1.57 bits per heavy atom. The van der Waals surface area contributed by atoms with Crippen LogP contribution in [0.2, 0.25) is 5.02 Å². The second-order valence-corrected chi connectivity index (χ2v) is 7.98. The standard InChI is InChI=1S/C18H21BrClN7O3/c19-13-9-12(15(28)14(20)10-13)11-21-25-16-22-17(26-1-5-29-6-2-26)24-18(23-16)27-3-7-30-8-4-27/h9-11,28H,1-8H2,(H,22,23,24,25)/b21-11+. The van der Waals surface area contributed by atoms with Crippen molar-refractivity contribution >= 4 is 51.6 Å². The lowest BCUT2D eigenvalue weighted by atomic mass is 10.2. The van der Waals surface area contributed by atoms with Gasteiger partial charge in [-0.25, -0.2) is 5.43 Å². The number of aromatic nitrogens is 3. The number of hydrogen-bond acceptors (Lipinski definition) is 10. The zero-order valence-corrected chi connectivity index (χ0v) is 18.4. The van der Waals surface area contributed by atoms with Crippen LogP contribution in [0.5, 0.6) is 5.75 Å². The van der Waals surface area contributed by atoms with Gasteiger partial charge >= 0.3 is 0 Å². The molecule has 0 spiro atoms. The molecule has 3 heterocycles. The molecule has 0 bridgehead atoms. The zero-order valence-electron chi connectivity index (χ0n) is 16.1. The highest BCUT2D eigenvalue weighted by Gasteiger charge is 2.20. The van der Waals surface area contributed by atoms with E-state index in [2.05, 4.69) is 51.2 Å². The summed E-state index contributed by atoms with van der Waals surface area (Å²) in [6, 6.07) is 3.31. The Hall–Kier alpha value is -2.21. The number of nitrogens with one attached hydrogen (secondary N) is 1. The molecular formula is C18H21BrClN7O3. The maximum absolute atomic E-state index is 10.1. The highest BCUT2D eigenvalue weighted by molar-refractivity contribution is 9.10. The number of nitrogens with zero attached hydrogens (tertiary/aromatic N) is 6. The normalized spacial score (nSPS) is 17.5. The van der Waals surface area contributed by atoms with E-state index in [9.17, 15) is 5.11 Å². The van der Waals surface area contributed by atoms with E-state index < -0.39 is 0 Å². The van der Waals surface area contributed by atoms with E-state index in [-0.39, 0.29) is 10.8 Å². The van der Waals surface area contributed by atoms with Gasteiger partial charge in [0.05, 0.1) is 37.7 Å². The maximum atomic E-state index is 10.1. The average Bonchev–Trinajstić information content (AvgIpc) is 2.78. The molecule has 0 radical (unpaired) electrons. The fraction of sp³-hybridized carbons (Fsp3) is 0.444. The number of morpholine rings is 2. The van der Waals surface area contributed by atoms with E-state index in [0.717, 1.165) is 4.47 Å². The van der Waals surface area contributed by atoms with Crippen molar-refractivity contribution in [1.82, 2.24) is 15.0 Å². The summed E-state index contributed by atoms with van der Waals surface area (Å²) in [5.74, 6) is 1.40. The van der Waals surface area contributed by atoms with Gasteiger partial charge in [-0.15, -0.1) is 0 Å². The molecule has 2 aromatic rings. The van der Waals surface area contributed by atoms with E-state index in [0.29, 0.717) is 76.0 Å². The summed E-state index contributed by atoms with van der Waals surface area (Å²) in [6.45, 7) is 5.34. The fourth-order valence-electron chi connectivity index (χ4n) is 3.06. The van der Waals surface area contributed by atoms with Crippen LogP contribution in [0.25, 0.3) is 0 Å². The third kappa shape index (κ3) is 5.09. The van der Waals surface area contributed by atoms with Crippen LogP contribution in [-0.4, -0.2) is 78.9 Å². The maximum Gasteiger partial charge on any atom is 0.250 e. The minimum absolute atomic E-state index is 0.0518. The molecule has 4 rings (SSSR count). The second kappa shape index (κ2) is 9.73. The average molecular weight is 499 g/mol. The molecule has 10 nitrogen and oxygen atoms in total. The van der Waals surface area contributed by atoms with Crippen LogP contribution in [-0.2, 0) is 9.47 Å². The lowest BCUT2D eigenvalue weighted by Gasteiger charge is -2.30. The Labute approximate surface area is 187 Å². The Morgan fingerprint density at radius 3 is 2.13 bits per heavy atom. The molecule has 0 aliphatic carbocycles. The summed E-state index contributed by atoms with van der Waals surface area (Å²) in [4.78, 5) is 17.8. The number of aromatic hydroxyl groups is 1. The molecule has 2 fully saturated rings. The minimum Gasteiger partial charge on any atom is -0.506 e. The number of hydrogen-bond donors (Lipinski definition) is 2. The molecule has 2 N–H and O–H groups in total. The molecule has 30 heavy (non-hydrogen) atoms. The second-order valence-electron chi connectivity index (χ2n) is 6.65. The summed E-state index contributed by atoms with van der Waals surface area (Å²) in [5, 5.41) is 14.5. The SMILES string of the molecule is Oc1c(Cl)cc(Br)cc1/C=N/Nc1nc(N2CCOCC2)nc(N2CCOCC2)n1. The number of hydrazone groups is 1. The van der Waals surface area contributed by atoms with Gasteiger partial charge in [0.25, 0.3) is 0 Å². The van der Waals surface area contributed by atoms with E-state index in [1.165, 1.54) is 6.21 Å². The summed E-state index contributed by atoms with van der Waals surface area (Å²) in [5.41, 5.74) is 3.30. The molecule has 12 heteroatoms. The molecule has 0 unspecified atom stereocenters. The number of phenolic OH excluding ortho intramolecular Hbond substituents is 1. The fourth-order valence-corrected chi connectivity index (χ4v) is 3.89. The van der Waals surface area contributed by atoms with Crippen LogP contribution in [0.3, 0.4) is 0 Å². The molecule has 2 aliphatic heterocycles. The largest absolute Gasteiger partial charge is 0.506 e. The van der Waals surface area contributed by atoms with Gasteiger partial charge in [-0.1, -0.05) is 27.5 Å². The van der Waals surface area contributed by atoms with Crippen molar-refractivity contribution in [2.45, 2.75) is 0 Å². The third-order valence-corrected chi connectivity index (χ3v) is 5.37. The van der Waals surface area contributed by atoms with E-state index in [4.69, 9.17) is 21.1 Å². The first-order valence-corrected chi connectivity index (χ1v) is 10.7. The number of rotatable bonds is 5. The molecule has 0 saturated carbocycles. The number of phenols is 1. The first-order chi connectivity index (χ1) is 14.6. The van der Waals surface area contributed by atoms with Crippen LogP contribution in [0.1, 0.15) is 5.56 Å². The number of halogens is 2.